The molecule has 0 bridgehead atoms. The molecule has 1 saturated heterocycles. The molecule has 1 fully saturated rings. The molecule has 2 atom stereocenters. The maximum absolute atomic E-state index is 12.0. The van der Waals surface area contributed by atoms with Gasteiger partial charge in [0.25, 0.3) is 0 Å². The van der Waals surface area contributed by atoms with E-state index in [1.807, 2.05) is 12.1 Å². The lowest BCUT2D eigenvalue weighted by Gasteiger charge is -2.26. The molecule has 5 heteroatoms. The third kappa shape index (κ3) is 2.59. The van der Waals surface area contributed by atoms with Crippen molar-refractivity contribution < 1.29 is 19.0 Å². The third-order valence-electron chi connectivity index (χ3n) is 2.94. The van der Waals surface area contributed by atoms with Crippen molar-refractivity contribution in [3.8, 4) is 0 Å². The number of carbonyl (C=O) groups is 1. The summed E-state index contributed by atoms with van der Waals surface area (Å²) in [6, 6.07) is 7.08. The number of esters is 1. The Morgan fingerprint density at radius 1 is 1.47 bits per heavy atom. The number of carbonyl (C=O) groups excluding carboxylic acids is 1. The molecule has 1 N–H and O–H groups in total. The van der Waals surface area contributed by atoms with Crippen LogP contribution in [0.25, 0.3) is 0 Å². The van der Waals surface area contributed by atoms with Gasteiger partial charge >= 0.3 is 5.97 Å². The summed E-state index contributed by atoms with van der Waals surface area (Å²) in [7, 11) is -3.26. The smallest absolute Gasteiger partial charge is 0.309 e. The third-order valence-corrected chi connectivity index (χ3v) is 4.98. The van der Waals surface area contributed by atoms with Gasteiger partial charge in [-0.05, 0) is 11.6 Å². The predicted molar refractivity (Wildman–Crippen MR) is 64.6 cm³/mol. The zero-order valence-electron chi connectivity index (χ0n) is 9.63. The van der Waals surface area contributed by atoms with Crippen molar-refractivity contribution in [2.24, 2.45) is 0 Å². The van der Waals surface area contributed by atoms with Gasteiger partial charge in [0.05, 0.1) is 6.42 Å². The van der Waals surface area contributed by atoms with E-state index in [0.29, 0.717) is 18.1 Å². The average molecular weight is 254 g/mol. The van der Waals surface area contributed by atoms with Crippen molar-refractivity contribution in [2.75, 3.05) is 6.16 Å². The van der Waals surface area contributed by atoms with Gasteiger partial charge < -0.3 is 9.63 Å². The van der Waals surface area contributed by atoms with Crippen molar-refractivity contribution in [2.45, 2.75) is 25.9 Å². The summed E-state index contributed by atoms with van der Waals surface area (Å²) in [5, 5.41) is 0.491. The van der Waals surface area contributed by atoms with Crippen LogP contribution in [0.5, 0.6) is 0 Å². The minimum Gasteiger partial charge on any atom is -0.461 e. The molecule has 1 aromatic carbocycles. The molecule has 92 valence electrons. The standard InChI is InChI=1S/C12H15O4P/c1-2-17(14,15)11-6-4-3-5-9(11)7-10-8-12(13)16-10/h3-6,10H,2,7-8H2,1H3,(H,14,15). The SMILES string of the molecule is CCP(=O)(O)c1ccccc1CC1CC(=O)O1. The van der Waals surface area contributed by atoms with Crippen LogP contribution in [0.3, 0.4) is 0 Å². The molecule has 0 saturated carbocycles. The second kappa shape index (κ2) is 4.63. The maximum Gasteiger partial charge on any atom is 0.309 e. The quantitative estimate of drug-likeness (QED) is 0.652. The van der Waals surface area contributed by atoms with Gasteiger partial charge in [0.1, 0.15) is 6.10 Å². The highest BCUT2D eigenvalue weighted by Gasteiger charge is 2.31. The zero-order chi connectivity index (χ0) is 12.5. The highest BCUT2D eigenvalue weighted by atomic mass is 31.2. The largest absolute Gasteiger partial charge is 0.461 e. The average Bonchev–Trinajstić information content (AvgIpc) is 2.27. The number of hydrogen-bond donors (Lipinski definition) is 1. The molecule has 0 radical (unpaired) electrons. The van der Waals surface area contributed by atoms with Crippen LogP contribution in [-0.4, -0.2) is 23.1 Å². The molecule has 1 aliphatic heterocycles. The van der Waals surface area contributed by atoms with E-state index in [9.17, 15) is 14.3 Å². The fourth-order valence-corrected chi connectivity index (χ4v) is 3.19. The fraction of sp³-hybridized carbons (Fsp3) is 0.417. The summed E-state index contributed by atoms with van der Waals surface area (Å²) >= 11 is 0. The summed E-state index contributed by atoms with van der Waals surface area (Å²) < 4.78 is 16.9. The van der Waals surface area contributed by atoms with Crippen molar-refractivity contribution >= 4 is 18.6 Å². The molecular weight excluding hydrogens is 239 g/mol. The minimum atomic E-state index is -3.26. The van der Waals surface area contributed by atoms with Crippen molar-refractivity contribution in [1.82, 2.24) is 0 Å². The van der Waals surface area contributed by atoms with E-state index in [1.165, 1.54) is 0 Å². The Morgan fingerprint density at radius 2 is 2.12 bits per heavy atom. The summed E-state index contributed by atoms with van der Waals surface area (Å²) in [6.45, 7) is 1.70. The van der Waals surface area contributed by atoms with Gasteiger partial charge in [-0.2, -0.15) is 0 Å². The van der Waals surface area contributed by atoms with Crippen molar-refractivity contribution in [1.29, 1.82) is 0 Å². The van der Waals surface area contributed by atoms with Gasteiger partial charge in [0.15, 0.2) is 0 Å². The molecule has 17 heavy (non-hydrogen) atoms. The lowest BCUT2D eigenvalue weighted by atomic mass is 10.0. The first kappa shape index (κ1) is 12.3. The first-order valence-electron chi connectivity index (χ1n) is 5.62. The molecule has 1 heterocycles. The molecule has 0 spiro atoms. The van der Waals surface area contributed by atoms with Gasteiger partial charge in [0.2, 0.25) is 7.37 Å². The van der Waals surface area contributed by atoms with E-state index in [2.05, 4.69) is 0 Å². The lowest BCUT2D eigenvalue weighted by Crippen LogP contribution is -2.35. The number of hydrogen-bond acceptors (Lipinski definition) is 3. The Labute approximate surface area is 100 Å². The zero-order valence-corrected chi connectivity index (χ0v) is 10.5. The summed E-state index contributed by atoms with van der Waals surface area (Å²) in [6.07, 6.45) is 0.998. The van der Waals surface area contributed by atoms with Crippen LogP contribution < -0.4 is 5.30 Å². The van der Waals surface area contributed by atoms with Crippen LogP contribution in [0, 0.1) is 0 Å². The second-order valence-electron chi connectivity index (χ2n) is 4.17. The molecular formula is C12H15O4P. The highest BCUT2D eigenvalue weighted by Crippen LogP contribution is 2.40. The maximum atomic E-state index is 12.0. The van der Waals surface area contributed by atoms with Gasteiger partial charge in [-0.25, -0.2) is 0 Å². The number of cyclic esters (lactones) is 1. The second-order valence-corrected chi connectivity index (χ2v) is 6.68. The van der Waals surface area contributed by atoms with Crippen LogP contribution >= 0.6 is 7.37 Å². The van der Waals surface area contributed by atoms with E-state index in [0.717, 1.165) is 5.56 Å². The van der Waals surface area contributed by atoms with Crippen LogP contribution in [0.2, 0.25) is 0 Å². The van der Waals surface area contributed by atoms with Crippen LogP contribution in [-0.2, 0) is 20.5 Å². The Hall–Kier alpha value is -1.12. The Balaban J connectivity index is 2.22. The van der Waals surface area contributed by atoms with E-state index in [1.54, 1.807) is 19.1 Å². The predicted octanol–water partition coefficient (Wildman–Crippen LogP) is 1.46. The van der Waals surface area contributed by atoms with Crippen molar-refractivity contribution in [3.63, 3.8) is 0 Å². The molecule has 1 aliphatic rings. The van der Waals surface area contributed by atoms with E-state index in [4.69, 9.17) is 4.74 Å². The van der Waals surface area contributed by atoms with E-state index < -0.39 is 7.37 Å². The Bertz CT molecular complexity index is 475. The first-order valence-corrected chi connectivity index (χ1v) is 7.47. The monoisotopic (exact) mass is 254 g/mol. The molecule has 0 aromatic heterocycles. The van der Waals surface area contributed by atoms with Gasteiger partial charge in [-0.3, -0.25) is 9.36 Å². The molecule has 0 aliphatic carbocycles. The van der Waals surface area contributed by atoms with Gasteiger partial charge in [-0.1, -0.05) is 25.1 Å². The van der Waals surface area contributed by atoms with E-state index >= 15 is 0 Å². The topological polar surface area (TPSA) is 63.6 Å². The number of rotatable bonds is 4. The number of ether oxygens (including phenoxy) is 1. The van der Waals surface area contributed by atoms with Crippen LogP contribution in [0.15, 0.2) is 24.3 Å². The first-order chi connectivity index (χ1) is 8.03. The molecule has 0 amide bonds. The van der Waals surface area contributed by atoms with E-state index in [-0.39, 0.29) is 18.2 Å². The fourth-order valence-electron chi connectivity index (χ4n) is 1.92. The van der Waals surface area contributed by atoms with Gasteiger partial charge in [-0.15, -0.1) is 0 Å². The van der Waals surface area contributed by atoms with Crippen LogP contribution in [0.4, 0.5) is 0 Å². The Morgan fingerprint density at radius 3 is 2.71 bits per heavy atom. The minimum absolute atomic E-state index is 0.138. The summed E-state index contributed by atoms with van der Waals surface area (Å²) in [5.74, 6) is -0.199. The lowest BCUT2D eigenvalue weighted by molar-refractivity contribution is -0.169. The number of benzene rings is 1. The highest BCUT2D eigenvalue weighted by molar-refractivity contribution is 7.66. The molecule has 2 unspecified atom stereocenters. The van der Waals surface area contributed by atoms with Crippen LogP contribution in [0.1, 0.15) is 18.9 Å². The summed E-state index contributed by atoms with van der Waals surface area (Å²) in [5.41, 5.74) is 0.803. The van der Waals surface area contributed by atoms with Gasteiger partial charge in [0, 0.05) is 17.9 Å². The molecule has 1 aromatic rings. The molecule has 4 nitrogen and oxygen atoms in total. The Kier molecular flexibility index (Phi) is 3.36. The molecule has 2 rings (SSSR count). The van der Waals surface area contributed by atoms with Crippen molar-refractivity contribution in [3.05, 3.63) is 29.8 Å². The normalized spacial score (nSPS) is 22.5. The summed E-state index contributed by atoms with van der Waals surface area (Å²) in [4.78, 5) is 20.6.